The molecule has 76 valence electrons. The summed E-state index contributed by atoms with van der Waals surface area (Å²) in [6.45, 7) is 0.0913. The molecule has 1 amide bonds. The quantitative estimate of drug-likeness (QED) is 0.611. The van der Waals surface area contributed by atoms with Crippen LogP contribution in [0.1, 0.15) is 0 Å². The van der Waals surface area contributed by atoms with Gasteiger partial charge in [-0.3, -0.25) is 4.79 Å². The zero-order valence-corrected chi connectivity index (χ0v) is 8.30. The van der Waals surface area contributed by atoms with E-state index < -0.39 is 0 Å². The van der Waals surface area contributed by atoms with Crippen molar-refractivity contribution in [3.05, 3.63) is 11.5 Å². The first kappa shape index (κ1) is 10.5. The summed E-state index contributed by atoms with van der Waals surface area (Å²) in [7, 11) is 1.54. The van der Waals surface area contributed by atoms with E-state index in [2.05, 4.69) is 20.6 Å². The number of aromatic nitrogens is 2. The molecule has 0 saturated heterocycles. The van der Waals surface area contributed by atoms with Gasteiger partial charge < -0.3 is 16.4 Å². The van der Waals surface area contributed by atoms with Crippen LogP contribution in [0, 0.1) is 0 Å². The van der Waals surface area contributed by atoms with E-state index in [1.165, 1.54) is 6.20 Å². The topological polar surface area (TPSA) is 92.9 Å². The van der Waals surface area contributed by atoms with E-state index in [4.69, 9.17) is 17.3 Å². The predicted octanol–water partition coefficient (Wildman–Crippen LogP) is -0.130. The summed E-state index contributed by atoms with van der Waals surface area (Å²) in [5.74, 6) is 0.188. The molecule has 0 unspecified atom stereocenters. The normalized spacial score (nSPS) is 9.57. The molecule has 1 rings (SSSR count). The molecule has 0 radical (unpaired) electrons. The highest BCUT2D eigenvalue weighted by atomic mass is 35.5. The standard InChI is InChI=1S/C7H10ClN5O/c1-10-5(14)3-11-6-4(9)2-12-7(8)13-6/h2H,3,9H2,1H3,(H,10,14)(H,11,12,13). The fourth-order valence-corrected chi connectivity index (χ4v) is 0.897. The molecule has 0 atom stereocenters. The average molecular weight is 216 g/mol. The fourth-order valence-electron chi connectivity index (χ4n) is 0.764. The largest absolute Gasteiger partial charge is 0.394 e. The van der Waals surface area contributed by atoms with Crippen molar-refractivity contribution in [3.63, 3.8) is 0 Å². The number of hydrogen-bond donors (Lipinski definition) is 3. The first-order chi connectivity index (χ1) is 6.63. The van der Waals surface area contributed by atoms with Crippen molar-refractivity contribution in [2.24, 2.45) is 0 Å². The Labute approximate surface area is 85.9 Å². The van der Waals surface area contributed by atoms with Gasteiger partial charge in [0, 0.05) is 7.05 Å². The number of carbonyl (C=O) groups is 1. The molecule has 7 heteroatoms. The molecule has 1 heterocycles. The van der Waals surface area contributed by atoms with Crippen molar-refractivity contribution in [3.8, 4) is 0 Å². The van der Waals surface area contributed by atoms with Gasteiger partial charge in [-0.25, -0.2) is 4.98 Å². The minimum Gasteiger partial charge on any atom is -0.394 e. The summed E-state index contributed by atoms with van der Waals surface area (Å²) < 4.78 is 0. The summed E-state index contributed by atoms with van der Waals surface area (Å²) in [4.78, 5) is 18.4. The highest BCUT2D eigenvalue weighted by molar-refractivity contribution is 6.28. The Morgan fingerprint density at radius 3 is 3.07 bits per heavy atom. The number of carbonyl (C=O) groups excluding carboxylic acids is 1. The molecule has 0 aliphatic heterocycles. The highest BCUT2D eigenvalue weighted by Gasteiger charge is 2.04. The predicted molar refractivity (Wildman–Crippen MR) is 54.0 cm³/mol. The van der Waals surface area contributed by atoms with Gasteiger partial charge in [0.15, 0.2) is 5.82 Å². The summed E-state index contributed by atoms with van der Waals surface area (Å²) in [6, 6.07) is 0. The van der Waals surface area contributed by atoms with Crippen molar-refractivity contribution in [2.45, 2.75) is 0 Å². The third kappa shape index (κ3) is 2.74. The van der Waals surface area contributed by atoms with Crippen molar-refractivity contribution < 1.29 is 4.79 Å². The maximum Gasteiger partial charge on any atom is 0.239 e. The van der Waals surface area contributed by atoms with Gasteiger partial charge in [0.05, 0.1) is 18.4 Å². The number of hydrogen-bond acceptors (Lipinski definition) is 5. The fraction of sp³-hybridized carbons (Fsp3) is 0.286. The van der Waals surface area contributed by atoms with Gasteiger partial charge in [0.2, 0.25) is 11.2 Å². The molecule has 14 heavy (non-hydrogen) atoms. The molecular formula is C7H10ClN5O. The molecule has 1 aromatic heterocycles. The Balaban J connectivity index is 2.66. The molecule has 4 N–H and O–H groups in total. The monoisotopic (exact) mass is 215 g/mol. The number of nitrogens with one attached hydrogen (secondary N) is 2. The van der Waals surface area contributed by atoms with E-state index in [9.17, 15) is 4.79 Å². The molecule has 6 nitrogen and oxygen atoms in total. The van der Waals surface area contributed by atoms with Gasteiger partial charge in [-0.1, -0.05) is 0 Å². The third-order valence-corrected chi connectivity index (χ3v) is 1.66. The van der Waals surface area contributed by atoms with Crippen molar-refractivity contribution >= 4 is 29.0 Å². The zero-order chi connectivity index (χ0) is 10.6. The van der Waals surface area contributed by atoms with E-state index in [0.717, 1.165) is 0 Å². The van der Waals surface area contributed by atoms with Crippen LogP contribution in [0.15, 0.2) is 6.20 Å². The number of nitrogen functional groups attached to an aromatic ring is 1. The summed E-state index contributed by atoms with van der Waals surface area (Å²) in [5.41, 5.74) is 5.88. The van der Waals surface area contributed by atoms with Gasteiger partial charge in [0.25, 0.3) is 0 Å². The molecule has 1 aromatic rings. The van der Waals surface area contributed by atoms with E-state index in [1.54, 1.807) is 7.05 Å². The lowest BCUT2D eigenvalue weighted by molar-refractivity contribution is -0.118. The van der Waals surface area contributed by atoms with Gasteiger partial charge in [-0.15, -0.1) is 0 Å². The number of nitrogens with zero attached hydrogens (tertiary/aromatic N) is 2. The lowest BCUT2D eigenvalue weighted by Crippen LogP contribution is -2.26. The van der Waals surface area contributed by atoms with Crippen molar-refractivity contribution in [1.82, 2.24) is 15.3 Å². The van der Waals surface area contributed by atoms with Crippen LogP contribution in [0.2, 0.25) is 5.28 Å². The van der Waals surface area contributed by atoms with Crippen LogP contribution in [-0.4, -0.2) is 29.5 Å². The van der Waals surface area contributed by atoms with Crippen molar-refractivity contribution in [1.29, 1.82) is 0 Å². The molecule has 0 bridgehead atoms. The smallest absolute Gasteiger partial charge is 0.239 e. The van der Waals surface area contributed by atoms with Gasteiger partial charge >= 0.3 is 0 Å². The Morgan fingerprint density at radius 1 is 1.71 bits per heavy atom. The van der Waals surface area contributed by atoms with Crippen LogP contribution < -0.4 is 16.4 Å². The van der Waals surface area contributed by atoms with Gasteiger partial charge in [0.1, 0.15) is 0 Å². The molecule has 0 saturated carbocycles. The number of rotatable bonds is 3. The van der Waals surface area contributed by atoms with Crippen LogP contribution in [0.25, 0.3) is 0 Å². The van der Waals surface area contributed by atoms with E-state index in [-0.39, 0.29) is 17.7 Å². The number of nitrogens with two attached hydrogens (primary N) is 1. The Bertz CT molecular complexity index is 343. The number of amides is 1. The van der Waals surface area contributed by atoms with Crippen molar-refractivity contribution in [2.75, 3.05) is 24.6 Å². The van der Waals surface area contributed by atoms with Crippen LogP contribution in [0.5, 0.6) is 0 Å². The number of likely N-dealkylation sites (N-methyl/N-ethyl adjacent to an activating group) is 1. The van der Waals surface area contributed by atoms with Crippen LogP contribution in [0.4, 0.5) is 11.5 Å². The zero-order valence-electron chi connectivity index (χ0n) is 7.54. The lowest BCUT2D eigenvalue weighted by atomic mass is 10.4. The van der Waals surface area contributed by atoms with Gasteiger partial charge in [-0.2, -0.15) is 4.98 Å². The molecule has 0 fully saturated rings. The second kappa shape index (κ2) is 4.61. The van der Waals surface area contributed by atoms with E-state index >= 15 is 0 Å². The lowest BCUT2D eigenvalue weighted by Gasteiger charge is -2.06. The summed E-state index contributed by atoms with van der Waals surface area (Å²) >= 11 is 5.55. The summed E-state index contributed by atoms with van der Waals surface area (Å²) in [5, 5.41) is 5.26. The second-order valence-electron chi connectivity index (χ2n) is 2.47. The highest BCUT2D eigenvalue weighted by Crippen LogP contribution is 2.14. The van der Waals surface area contributed by atoms with E-state index in [1.807, 2.05) is 0 Å². The van der Waals surface area contributed by atoms with Gasteiger partial charge in [-0.05, 0) is 11.6 Å². The molecular weight excluding hydrogens is 206 g/mol. The number of anilines is 2. The summed E-state index contributed by atoms with van der Waals surface area (Å²) in [6.07, 6.45) is 1.38. The third-order valence-electron chi connectivity index (χ3n) is 1.48. The van der Waals surface area contributed by atoms with Crippen LogP contribution >= 0.6 is 11.6 Å². The minimum absolute atomic E-state index is 0.0820. The van der Waals surface area contributed by atoms with Crippen LogP contribution in [-0.2, 0) is 4.79 Å². The minimum atomic E-state index is -0.167. The van der Waals surface area contributed by atoms with Crippen LogP contribution in [0.3, 0.4) is 0 Å². The Hall–Kier alpha value is -1.56. The molecule has 0 spiro atoms. The second-order valence-corrected chi connectivity index (χ2v) is 2.81. The Kier molecular flexibility index (Phi) is 3.47. The maximum atomic E-state index is 10.9. The SMILES string of the molecule is CNC(=O)CNc1nc(Cl)ncc1N. The molecule has 0 aromatic carbocycles. The average Bonchev–Trinajstić information content (AvgIpc) is 2.19. The van der Waals surface area contributed by atoms with E-state index in [0.29, 0.717) is 11.5 Å². The first-order valence-electron chi connectivity index (χ1n) is 3.86. The molecule has 0 aliphatic carbocycles. The Morgan fingerprint density at radius 2 is 2.43 bits per heavy atom. The first-order valence-corrected chi connectivity index (χ1v) is 4.23. The maximum absolute atomic E-state index is 10.9. The molecule has 0 aliphatic rings. The number of halogens is 1.